The standard InChI is InChI=1S/C12H10FN3O3S/c1-7-11(20-16-15-7)12(18)19-6-10(17)14-9-5-3-2-4-8(9)13/h2-5H,6H2,1H3,(H,14,17). The maximum absolute atomic E-state index is 13.3. The van der Waals surface area contributed by atoms with Crippen LogP contribution in [0.5, 0.6) is 0 Å². The molecule has 0 unspecified atom stereocenters. The number of hydrogen-bond donors (Lipinski definition) is 1. The van der Waals surface area contributed by atoms with Gasteiger partial charge in [0.25, 0.3) is 5.91 Å². The van der Waals surface area contributed by atoms with Crippen LogP contribution in [0.3, 0.4) is 0 Å². The van der Waals surface area contributed by atoms with E-state index in [1.807, 2.05) is 0 Å². The Morgan fingerprint density at radius 3 is 2.80 bits per heavy atom. The zero-order chi connectivity index (χ0) is 14.5. The first kappa shape index (κ1) is 14.1. The van der Waals surface area contributed by atoms with Gasteiger partial charge in [-0.05, 0) is 30.6 Å². The second kappa shape index (κ2) is 6.20. The Kier molecular flexibility index (Phi) is 4.36. The number of carbonyl (C=O) groups excluding carboxylic acids is 2. The highest BCUT2D eigenvalue weighted by Crippen LogP contribution is 2.13. The lowest BCUT2D eigenvalue weighted by atomic mass is 10.3. The van der Waals surface area contributed by atoms with Crippen molar-refractivity contribution in [3.05, 3.63) is 40.7 Å². The van der Waals surface area contributed by atoms with Gasteiger partial charge in [0.15, 0.2) is 11.5 Å². The van der Waals surface area contributed by atoms with E-state index in [1.165, 1.54) is 18.2 Å². The van der Waals surface area contributed by atoms with Gasteiger partial charge in [0.1, 0.15) is 5.82 Å². The van der Waals surface area contributed by atoms with E-state index in [9.17, 15) is 14.0 Å². The summed E-state index contributed by atoms with van der Waals surface area (Å²) in [6.45, 7) is 1.10. The van der Waals surface area contributed by atoms with Crippen LogP contribution in [-0.4, -0.2) is 28.1 Å². The van der Waals surface area contributed by atoms with Crippen LogP contribution in [-0.2, 0) is 9.53 Å². The number of amides is 1. The minimum Gasteiger partial charge on any atom is -0.451 e. The number of nitrogens with zero attached hydrogens (tertiary/aromatic N) is 2. The van der Waals surface area contributed by atoms with Gasteiger partial charge in [-0.2, -0.15) is 0 Å². The molecule has 2 rings (SSSR count). The summed E-state index contributed by atoms with van der Waals surface area (Å²) in [6.07, 6.45) is 0. The van der Waals surface area contributed by atoms with Crippen molar-refractivity contribution >= 4 is 29.1 Å². The number of aromatic nitrogens is 2. The van der Waals surface area contributed by atoms with Crippen LogP contribution in [0, 0.1) is 12.7 Å². The minimum atomic E-state index is -0.679. The number of hydrogen-bond acceptors (Lipinski definition) is 6. The smallest absolute Gasteiger partial charge is 0.352 e. The Morgan fingerprint density at radius 1 is 1.40 bits per heavy atom. The van der Waals surface area contributed by atoms with E-state index >= 15 is 0 Å². The van der Waals surface area contributed by atoms with E-state index in [-0.39, 0.29) is 10.6 Å². The van der Waals surface area contributed by atoms with Gasteiger partial charge in [0.05, 0.1) is 11.4 Å². The predicted molar refractivity (Wildman–Crippen MR) is 70.0 cm³/mol. The van der Waals surface area contributed by atoms with Crippen LogP contribution in [0.4, 0.5) is 10.1 Å². The fourth-order valence-electron chi connectivity index (χ4n) is 1.36. The van der Waals surface area contributed by atoms with Crippen molar-refractivity contribution in [1.29, 1.82) is 0 Å². The van der Waals surface area contributed by atoms with Crippen molar-refractivity contribution in [2.45, 2.75) is 6.92 Å². The molecule has 0 saturated heterocycles. The van der Waals surface area contributed by atoms with Gasteiger partial charge in [0, 0.05) is 0 Å². The summed E-state index contributed by atoms with van der Waals surface area (Å²) in [6, 6.07) is 5.71. The lowest BCUT2D eigenvalue weighted by Crippen LogP contribution is -2.21. The molecule has 1 amide bonds. The third-order valence-corrected chi connectivity index (χ3v) is 3.13. The molecule has 20 heavy (non-hydrogen) atoms. The van der Waals surface area contributed by atoms with Gasteiger partial charge >= 0.3 is 5.97 Å². The number of rotatable bonds is 4. The number of ether oxygens (including phenoxy) is 1. The quantitative estimate of drug-likeness (QED) is 0.870. The fourth-order valence-corrected chi connectivity index (χ4v) is 1.92. The molecule has 0 radical (unpaired) electrons. The van der Waals surface area contributed by atoms with Crippen molar-refractivity contribution in [3.8, 4) is 0 Å². The Labute approximate surface area is 117 Å². The first-order valence-electron chi connectivity index (χ1n) is 5.58. The van der Waals surface area contributed by atoms with Crippen LogP contribution in [0.2, 0.25) is 0 Å². The Morgan fingerprint density at radius 2 is 2.15 bits per heavy atom. The van der Waals surface area contributed by atoms with Gasteiger partial charge in [-0.1, -0.05) is 16.6 Å². The van der Waals surface area contributed by atoms with Crippen molar-refractivity contribution in [2.75, 3.05) is 11.9 Å². The fraction of sp³-hybridized carbons (Fsp3) is 0.167. The van der Waals surface area contributed by atoms with Crippen LogP contribution in [0.1, 0.15) is 15.4 Å². The first-order valence-corrected chi connectivity index (χ1v) is 6.35. The van der Waals surface area contributed by atoms with Crippen LogP contribution >= 0.6 is 11.5 Å². The normalized spacial score (nSPS) is 10.1. The molecule has 0 atom stereocenters. The molecule has 1 aromatic carbocycles. The number of benzene rings is 1. The highest BCUT2D eigenvalue weighted by atomic mass is 32.1. The van der Waals surface area contributed by atoms with E-state index < -0.39 is 24.3 Å². The second-order valence-corrected chi connectivity index (χ2v) is 4.55. The first-order chi connectivity index (χ1) is 9.58. The average molecular weight is 295 g/mol. The molecule has 1 N–H and O–H groups in total. The maximum atomic E-state index is 13.3. The summed E-state index contributed by atoms with van der Waals surface area (Å²) >= 11 is 0.888. The van der Waals surface area contributed by atoms with Gasteiger partial charge in [-0.25, -0.2) is 9.18 Å². The molecule has 2 aromatic rings. The van der Waals surface area contributed by atoms with Crippen LogP contribution < -0.4 is 5.32 Å². The Hall–Kier alpha value is -2.35. The molecule has 104 valence electrons. The Bertz CT molecular complexity index is 644. The summed E-state index contributed by atoms with van der Waals surface area (Å²) in [5, 5.41) is 5.97. The third kappa shape index (κ3) is 3.35. The molecule has 1 aromatic heterocycles. The number of aryl methyl sites for hydroxylation is 1. The van der Waals surface area contributed by atoms with Crippen molar-refractivity contribution in [3.63, 3.8) is 0 Å². The SMILES string of the molecule is Cc1nnsc1C(=O)OCC(=O)Nc1ccccc1F. The zero-order valence-electron chi connectivity index (χ0n) is 10.4. The molecule has 0 aliphatic carbocycles. The van der Waals surface area contributed by atoms with Gasteiger partial charge in [-0.3, -0.25) is 4.79 Å². The molecule has 8 heteroatoms. The summed E-state index contributed by atoms with van der Waals surface area (Å²) in [4.78, 5) is 23.4. The molecule has 0 spiro atoms. The minimum absolute atomic E-state index is 0.0317. The summed E-state index contributed by atoms with van der Waals surface area (Å²) < 4.78 is 21.7. The molecule has 0 aliphatic rings. The number of halogens is 1. The molecule has 0 bridgehead atoms. The number of nitrogens with one attached hydrogen (secondary N) is 1. The largest absolute Gasteiger partial charge is 0.451 e. The highest BCUT2D eigenvalue weighted by Gasteiger charge is 2.16. The average Bonchev–Trinajstić information content (AvgIpc) is 2.85. The predicted octanol–water partition coefficient (Wildman–Crippen LogP) is 1.78. The topological polar surface area (TPSA) is 81.2 Å². The van der Waals surface area contributed by atoms with E-state index in [4.69, 9.17) is 4.74 Å². The van der Waals surface area contributed by atoms with E-state index in [0.717, 1.165) is 11.5 Å². The number of anilines is 1. The van der Waals surface area contributed by atoms with E-state index in [2.05, 4.69) is 14.9 Å². The number of carbonyl (C=O) groups is 2. The monoisotopic (exact) mass is 295 g/mol. The maximum Gasteiger partial charge on any atom is 0.352 e. The summed E-state index contributed by atoms with van der Waals surface area (Å²) in [5.41, 5.74) is 0.471. The van der Waals surface area contributed by atoms with E-state index in [1.54, 1.807) is 13.0 Å². The van der Waals surface area contributed by atoms with Gasteiger partial charge in [0.2, 0.25) is 0 Å². The molecule has 6 nitrogen and oxygen atoms in total. The molecule has 0 aliphatic heterocycles. The molecular weight excluding hydrogens is 285 g/mol. The lowest BCUT2D eigenvalue weighted by molar-refractivity contribution is -0.119. The number of esters is 1. The van der Waals surface area contributed by atoms with Crippen LogP contribution in [0.15, 0.2) is 24.3 Å². The van der Waals surface area contributed by atoms with Crippen molar-refractivity contribution in [1.82, 2.24) is 9.59 Å². The lowest BCUT2D eigenvalue weighted by Gasteiger charge is -2.06. The second-order valence-electron chi connectivity index (χ2n) is 3.79. The molecule has 0 saturated carbocycles. The zero-order valence-corrected chi connectivity index (χ0v) is 11.2. The summed E-state index contributed by atoms with van der Waals surface area (Å²) in [5.74, 6) is -1.87. The highest BCUT2D eigenvalue weighted by molar-refractivity contribution is 7.07. The van der Waals surface area contributed by atoms with Gasteiger partial charge in [-0.15, -0.1) is 5.10 Å². The van der Waals surface area contributed by atoms with Gasteiger partial charge < -0.3 is 10.1 Å². The summed E-state index contributed by atoms with van der Waals surface area (Å²) in [7, 11) is 0. The third-order valence-electron chi connectivity index (χ3n) is 2.32. The Balaban J connectivity index is 1.89. The number of para-hydroxylation sites is 1. The van der Waals surface area contributed by atoms with Crippen molar-refractivity contribution in [2.24, 2.45) is 0 Å². The molecule has 1 heterocycles. The van der Waals surface area contributed by atoms with Crippen LogP contribution in [0.25, 0.3) is 0 Å². The molecule has 0 fully saturated rings. The van der Waals surface area contributed by atoms with Crippen molar-refractivity contribution < 1.29 is 18.7 Å². The molecular formula is C12H10FN3O3S. The van der Waals surface area contributed by atoms with E-state index in [0.29, 0.717) is 5.69 Å².